The third-order valence-electron chi connectivity index (χ3n) is 4.05. The van der Waals surface area contributed by atoms with E-state index in [0.717, 1.165) is 22.5 Å². The van der Waals surface area contributed by atoms with Gasteiger partial charge in [-0.1, -0.05) is 35.9 Å². The minimum Gasteiger partial charge on any atom is -0.267 e. The molecule has 0 aliphatic heterocycles. The number of rotatable bonds is 2. The molecule has 0 bridgehead atoms. The van der Waals surface area contributed by atoms with Gasteiger partial charge in [0.2, 0.25) is 0 Å². The molecular formula is C21H14FN3OS. The summed E-state index contributed by atoms with van der Waals surface area (Å²) in [6.45, 7) is 3.59. The van der Waals surface area contributed by atoms with Gasteiger partial charge in [0.25, 0.3) is 5.56 Å². The molecule has 0 aliphatic carbocycles. The molecule has 2 aromatic carbocycles. The molecule has 0 aliphatic rings. The van der Waals surface area contributed by atoms with Gasteiger partial charge in [0.05, 0.1) is 10.2 Å². The van der Waals surface area contributed by atoms with Gasteiger partial charge >= 0.3 is 0 Å². The maximum Gasteiger partial charge on any atom is 0.273 e. The van der Waals surface area contributed by atoms with Crippen LogP contribution in [0.15, 0.2) is 47.3 Å². The Morgan fingerprint density at radius 2 is 1.78 bits per heavy atom. The molecule has 0 fully saturated rings. The fourth-order valence-corrected chi connectivity index (χ4v) is 3.59. The molecule has 0 spiro atoms. The predicted molar refractivity (Wildman–Crippen MR) is 103 cm³/mol. The van der Waals surface area contributed by atoms with Crippen molar-refractivity contribution in [3.8, 4) is 17.8 Å². The van der Waals surface area contributed by atoms with Gasteiger partial charge in [0, 0.05) is 0 Å². The van der Waals surface area contributed by atoms with E-state index in [9.17, 15) is 19.7 Å². The molecule has 1 aromatic heterocycles. The summed E-state index contributed by atoms with van der Waals surface area (Å²) in [5, 5.41) is 18.5. The van der Waals surface area contributed by atoms with Crippen LogP contribution in [0.3, 0.4) is 0 Å². The highest BCUT2D eigenvalue weighted by Gasteiger charge is 2.12. The Morgan fingerprint density at radius 3 is 2.37 bits per heavy atom. The predicted octanol–water partition coefficient (Wildman–Crippen LogP) is 2.68. The first-order chi connectivity index (χ1) is 12.9. The van der Waals surface area contributed by atoms with Gasteiger partial charge in [-0.2, -0.15) is 10.5 Å². The van der Waals surface area contributed by atoms with E-state index in [4.69, 9.17) is 0 Å². The molecule has 0 N–H and O–H groups in total. The molecule has 0 atom stereocenters. The molecule has 132 valence electrons. The Kier molecular flexibility index (Phi) is 5.03. The van der Waals surface area contributed by atoms with E-state index in [1.54, 1.807) is 25.1 Å². The lowest BCUT2D eigenvalue weighted by molar-refractivity contribution is 0.617. The van der Waals surface area contributed by atoms with Crippen molar-refractivity contribution in [2.75, 3.05) is 0 Å². The van der Waals surface area contributed by atoms with Crippen LogP contribution in [0.1, 0.15) is 16.7 Å². The number of aryl methyl sites for hydroxylation is 2. The molecular weight excluding hydrogens is 361 g/mol. The van der Waals surface area contributed by atoms with Crippen LogP contribution in [0.5, 0.6) is 0 Å². The molecule has 3 rings (SSSR count). The molecule has 0 saturated heterocycles. The Labute approximate surface area is 159 Å². The molecule has 0 unspecified atom stereocenters. The molecule has 3 aromatic rings. The van der Waals surface area contributed by atoms with Crippen LogP contribution < -0.4 is 14.8 Å². The smallest absolute Gasteiger partial charge is 0.267 e. The molecule has 1 heterocycles. The maximum absolute atomic E-state index is 14.0. The lowest BCUT2D eigenvalue weighted by Crippen LogP contribution is -2.30. The highest BCUT2D eigenvalue weighted by atomic mass is 32.1. The Morgan fingerprint density at radius 1 is 1.11 bits per heavy atom. The van der Waals surface area contributed by atoms with Crippen LogP contribution in [0.2, 0.25) is 0 Å². The van der Waals surface area contributed by atoms with E-state index in [2.05, 4.69) is 0 Å². The Bertz CT molecular complexity index is 1270. The van der Waals surface area contributed by atoms with Crippen molar-refractivity contribution >= 4 is 23.0 Å². The van der Waals surface area contributed by atoms with Crippen molar-refractivity contribution in [3.63, 3.8) is 0 Å². The second-order valence-corrected chi connectivity index (χ2v) is 7.03. The average Bonchev–Trinajstić information content (AvgIpc) is 2.97. The molecule has 6 heteroatoms. The normalized spacial score (nSPS) is 11.1. The SMILES string of the molecule is Cc1ccc(/C=c2\sc(=C(C#N)C#N)n(-c3ccc(C)c(F)c3)c2=O)cc1. The second-order valence-electron chi connectivity index (χ2n) is 6.00. The highest BCUT2D eigenvalue weighted by molar-refractivity contribution is 7.07. The summed E-state index contributed by atoms with van der Waals surface area (Å²) in [4.78, 5) is 13.0. The third kappa shape index (κ3) is 3.57. The van der Waals surface area contributed by atoms with Crippen molar-refractivity contribution in [1.82, 2.24) is 4.57 Å². The summed E-state index contributed by atoms with van der Waals surface area (Å²) < 4.78 is 15.8. The third-order valence-corrected chi connectivity index (χ3v) is 5.14. The summed E-state index contributed by atoms with van der Waals surface area (Å²) in [6, 6.07) is 15.6. The fourth-order valence-electron chi connectivity index (χ4n) is 2.54. The fraction of sp³-hybridized carbons (Fsp3) is 0.0952. The summed E-state index contributed by atoms with van der Waals surface area (Å²) >= 11 is 1.04. The first kappa shape index (κ1) is 18.3. The Balaban J connectivity index is 2.38. The monoisotopic (exact) mass is 375 g/mol. The molecule has 0 radical (unpaired) electrons. The number of nitrogens with zero attached hydrogens (tertiary/aromatic N) is 3. The topological polar surface area (TPSA) is 69.6 Å². The number of halogens is 1. The number of aromatic nitrogens is 1. The first-order valence-corrected chi connectivity index (χ1v) is 8.87. The first-order valence-electron chi connectivity index (χ1n) is 8.06. The van der Waals surface area contributed by atoms with E-state index in [1.165, 1.54) is 10.6 Å². The van der Waals surface area contributed by atoms with Crippen molar-refractivity contribution in [2.45, 2.75) is 13.8 Å². The van der Waals surface area contributed by atoms with Crippen LogP contribution in [-0.2, 0) is 0 Å². The summed E-state index contributed by atoms with van der Waals surface area (Å²) in [7, 11) is 0. The quantitative estimate of drug-likeness (QED) is 0.691. The van der Waals surface area contributed by atoms with Crippen molar-refractivity contribution in [3.05, 3.63) is 84.5 Å². The van der Waals surface area contributed by atoms with Gasteiger partial charge in [-0.3, -0.25) is 9.36 Å². The van der Waals surface area contributed by atoms with Crippen LogP contribution in [0, 0.1) is 42.3 Å². The van der Waals surface area contributed by atoms with Crippen LogP contribution in [0.25, 0.3) is 17.3 Å². The van der Waals surface area contributed by atoms with Gasteiger partial charge in [0.1, 0.15) is 22.6 Å². The lowest BCUT2D eigenvalue weighted by atomic mass is 10.1. The van der Waals surface area contributed by atoms with Crippen LogP contribution in [-0.4, -0.2) is 4.57 Å². The highest BCUT2D eigenvalue weighted by Crippen LogP contribution is 2.11. The van der Waals surface area contributed by atoms with Gasteiger partial charge in [-0.15, -0.1) is 11.3 Å². The van der Waals surface area contributed by atoms with E-state index in [-0.39, 0.29) is 15.9 Å². The Hall–Kier alpha value is -3.48. The van der Waals surface area contributed by atoms with Gasteiger partial charge in [-0.05, 0) is 43.2 Å². The second kappa shape index (κ2) is 7.41. The zero-order valence-corrected chi connectivity index (χ0v) is 15.5. The lowest BCUT2D eigenvalue weighted by Gasteiger charge is -2.04. The summed E-state index contributed by atoms with van der Waals surface area (Å²) in [6.07, 6.45) is 1.70. The van der Waals surface area contributed by atoms with E-state index in [1.807, 2.05) is 43.3 Å². The van der Waals surface area contributed by atoms with Crippen molar-refractivity contribution < 1.29 is 4.39 Å². The number of hydrogen-bond donors (Lipinski definition) is 0. The minimum absolute atomic E-state index is 0.187. The van der Waals surface area contributed by atoms with E-state index < -0.39 is 11.4 Å². The van der Waals surface area contributed by atoms with Crippen LogP contribution in [0.4, 0.5) is 4.39 Å². The number of thiazole rings is 1. The molecule has 0 saturated carbocycles. The average molecular weight is 375 g/mol. The van der Waals surface area contributed by atoms with E-state index >= 15 is 0 Å². The molecule has 27 heavy (non-hydrogen) atoms. The number of benzene rings is 2. The largest absolute Gasteiger partial charge is 0.273 e. The van der Waals surface area contributed by atoms with Crippen molar-refractivity contribution in [1.29, 1.82) is 10.5 Å². The minimum atomic E-state index is -0.462. The zero-order valence-electron chi connectivity index (χ0n) is 14.7. The molecule has 4 nitrogen and oxygen atoms in total. The summed E-state index contributed by atoms with van der Waals surface area (Å²) in [5.74, 6) is -0.462. The van der Waals surface area contributed by atoms with Crippen molar-refractivity contribution in [2.24, 2.45) is 0 Å². The van der Waals surface area contributed by atoms with Gasteiger partial charge in [-0.25, -0.2) is 4.39 Å². The van der Waals surface area contributed by atoms with E-state index in [0.29, 0.717) is 10.1 Å². The number of hydrogen-bond acceptors (Lipinski definition) is 4. The summed E-state index contributed by atoms with van der Waals surface area (Å²) in [5.41, 5.74) is 2.04. The molecule has 0 amide bonds. The van der Waals surface area contributed by atoms with Crippen LogP contribution >= 0.6 is 11.3 Å². The number of nitriles is 2. The maximum atomic E-state index is 14.0. The standard InChI is InChI=1S/C21H14FN3OS/c1-13-3-6-15(7-4-13)9-19-20(26)25(21(27-19)16(11-23)12-24)17-8-5-14(2)18(22)10-17/h3-10H,1-2H3/b19-9-. The zero-order chi connectivity index (χ0) is 19.6. The van der Waals surface area contributed by atoms with Gasteiger partial charge < -0.3 is 0 Å². The van der Waals surface area contributed by atoms with Gasteiger partial charge in [0.15, 0.2) is 5.57 Å².